The van der Waals surface area contributed by atoms with Crippen LogP contribution in [0.2, 0.25) is 0 Å². The van der Waals surface area contributed by atoms with E-state index in [4.69, 9.17) is 14.6 Å². The quantitative estimate of drug-likeness (QED) is 0.806. The molecule has 0 saturated carbocycles. The largest absolute Gasteiger partial charge is 0.457 e. The molecule has 1 aromatic rings. The summed E-state index contributed by atoms with van der Waals surface area (Å²) in [5.41, 5.74) is 0.0985. The van der Waals surface area contributed by atoms with Crippen LogP contribution < -0.4 is 5.14 Å². The van der Waals surface area contributed by atoms with Crippen molar-refractivity contribution < 1.29 is 22.7 Å². The number of halogens is 1. The third-order valence-electron chi connectivity index (χ3n) is 2.15. The van der Waals surface area contributed by atoms with E-state index in [0.29, 0.717) is 4.47 Å². The Morgan fingerprint density at radius 3 is 2.58 bits per heavy atom. The van der Waals surface area contributed by atoms with Crippen LogP contribution in [0, 0.1) is 0 Å². The standard InChI is InChI=1S/C11H14BrNO5S/c1-7(6-17-2)18-11(14)8-3-9(12)5-10(4-8)19(13,15)16/h3-5,7H,6H2,1-2H3,(H2,13,15,16). The third-order valence-corrected chi connectivity index (χ3v) is 3.50. The second kappa shape index (κ2) is 6.47. The highest BCUT2D eigenvalue weighted by atomic mass is 79.9. The Morgan fingerprint density at radius 2 is 2.05 bits per heavy atom. The van der Waals surface area contributed by atoms with Crippen LogP contribution in [0.1, 0.15) is 17.3 Å². The van der Waals surface area contributed by atoms with Gasteiger partial charge in [-0.15, -0.1) is 0 Å². The summed E-state index contributed by atoms with van der Waals surface area (Å²) in [6, 6.07) is 3.93. The molecule has 0 aliphatic rings. The molecule has 6 nitrogen and oxygen atoms in total. The molecule has 1 rings (SSSR count). The van der Waals surface area contributed by atoms with Gasteiger partial charge in [-0.2, -0.15) is 0 Å². The molecular weight excluding hydrogens is 338 g/mol. The van der Waals surface area contributed by atoms with Crippen LogP contribution in [0.4, 0.5) is 0 Å². The van der Waals surface area contributed by atoms with E-state index in [1.54, 1.807) is 6.92 Å². The summed E-state index contributed by atoms with van der Waals surface area (Å²) in [5.74, 6) is -0.643. The lowest BCUT2D eigenvalue weighted by atomic mass is 10.2. The van der Waals surface area contributed by atoms with Crippen LogP contribution >= 0.6 is 15.9 Å². The van der Waals surface area contributed by atoms with Gasteiger partial charge in [-0.3, -0.25) is 0 Å². The van der Waals surface area contributed by atoms with Crippen LogP contribution in [0.25, 0.3) is 0 Å². The van der Waals surface area contributed by atoms with Crippen molar-refractivity contribution in [3.63, 3.8) is 0 Å². The fourth-order valence-electron chi connectivity index (χ4n) is 1.36. The summed E-state index contributed by atoms with van der Waals surface area (Å²) < 4.78 is 32.9. The average Bonchev–Trinajstić information content (AvgIpc) is 2.27. The van der Waals surface area contributed by atoms with E-state index >= 15 is 0 Å². The predicted octanol–water partition coefficient (Wildman–Crippen LogP) is 1.29. The number of esters is 1. The normalized spacial score (nSPS) is 13.1. The Balaban J connectivity index is 3.01. The van der Waals surface area contributed by atoms with E-state index < -0.39 is 22.1 Å². The smallest absolute Gasteiger partial charge is 0.338 e. The van der Waals surface area contributed by atoms with Crippen LogP contribution in [-0.2, 0) is 19.5 Å². The molecule has 1 aromatic carbocycles. The van der Waals surface area contributed by atoms with Crippen molar-refractivity contribution in [2.45, 2.75) is 17.9 Å². The van der Waals surface area contributed by atoms with Crippen molar-refractivity contribution >= 4 is 31.9 Å². The Bertz CT molecular complexity index is 572. The van der Waals surface area contributed by atoms with Gasteiger partial charge in [0.15, 0.2) is 0 Å². The molecule has 0 amide bonds. The molecule has 0 fully saturated rings. The zero-order valence-corrected chi connectivity index (χ0v) is 12.8. The van der Waals surface area contributed by atoms with Gasteiger partial charge in [0.05, 0.1) is 17.1 Å². The number of carbonyl (C=O) groups is 1. The monoisotopic (exact) mass is 351 g/mol. The van der Waals surface area contributed by atoms with Crippen LogP contribution in [0.3, 0.4) is 0 Å². The number of sulfonamides is 1. The third kappa shape index (κ3) is 4.90. The van der Waals surface area contributed by atoms with Gasteiger partial charge in [0, 0.05) is 11.6 Å². The minimum Gasteiger partial charge on any atom is -0.457 e. The molecule has 1 unspecified atom stereocenters. The topological polar surface area (TPSA) is 95.7 Å². The Hall–Kier alpha value is -0.960. The van der Waals surface area contributed by atoms with Gasteiger partial charge >= 0.3 is 5.97 Å². The zero-order chi connectivity index (χ0) is 14.6. The number of ether oxygens (including phenoxy) is 2. The maximum absolute atomic E-state index is 11.8. The predicted molar refractivity (Wildman–Crippen MR) is 72.3 cm³/mol. The Labute approximate surface area is 120 Å². The van der Waals surface area contributed by atoms with E-state index in [2.05, 4.69) is 15.9 Å². The van der Waals surface area contributed by atoms with Crippen LogP contribution in [0.5, 0.6) is 0 Å². The number of rotatable bonds is 5. The molecule has 0 saturated heterocycles. The molecule has 0 bridgehead atoms. The first kappa shape index (κ1) is 16.1. The maximum Gasteiger partial charge on any atom is 0.338 e. The van der Waals surface area contributed by atoms with Crippen LogP contribution in [-0.4, -0.2) is 34.2 Å². The molecule has 0 aliphatic carbocycles. The molecule has 8 heteroatoms. The number of hydrogen-bond acceptors (Lipinski definition) is 5. The van der Waals surface area contributed by atoms with E-state index in [0.717, 1.165) is 0 Å². The van der Waals surface area contributed by atoms with Crippen molar-refractivity contribution in [1.82, 2.24) is 0 Å². The van der Waals surface area contributed by atoms with Gasteiger partial charge in [0.25, 0.3) is 0 Å². The first-order valence-electron chi connectivity index (χ1n) is 5.27. The van der Waals surface area contributed by atoms with Gasteiger partial charge < -0.3 is 9.47 Å². The second-order valence-corrected chi connectivity index (χ2v) is 6.37. The van der Waals surface area contributed by atoms with Crippen molar-refractivity contribution in [3.05, 3.63) is 28.2 Å². The summed E-state index contributed by atoms with van der Waals surface area (Å²) in [6.45, 7) is 1.92. The molecule has 19 heavy (non-hydrogen) atoms. The summed E-state index contributed by atoms with van der Waals surface area (Å²) in [6.07, 6.45) is -0.436. The van der Waals surface area contributed by atoms with E-state index in [1.807, 2.05) is 0 Å². The molecule has 1 atom stereocenters. The fraction of sp³-hybridized carbons (Fsp3) is 0.364. The zero-order valence-electron chi connectivity index (χ0n) is 10.4. The van der Waals surface area contributed by atoms with Crippen LogP contribution in [0.15, 0.2) is 27.6 Å². The number of nitrogens with two attached hydrogens (primary N) is 1. The summed E-state index contributed by atoms with van der Waals surface area (Å²) in [5, 5.41) is 5.02. The lowest BCUT2D eigenvalue weighted by molar-refractivity contribution is 0.0120. The molecule has 0 radical (unpaired) electrons. The number of methoxy groups -OCH3 is 1. The summed E-state index contributed by atoms with van der Waals surface area (Å²) in [4.78, 5) is 11.7. The van der Waals surface area contributed by atoms with Gasteiger partial charge in [0.1, 0.15) is 6.10 Å². The number of benzene rings is 1. The molecule has 106 valence electrons. The van der Waals surface area contributed by atoms with Crippen molar-refractivity contribution in [1.29, 1.82) is 0 Å². The van der Waals surface area contributed by atoms with Crippen molar-refractivity contribution in [3.8, 4) is 0 Å². The van der Waals surface area contributed by atoms with Gasteiger partial charge in [-0.1, -0.05) is 15.9 Å². The van der Waals surface area contributed by atoms with Crippen molar-refractivity contribution in [2.75, 3.05) is 13.7 Å². The minimum atomic E-state index is -3.88. The highest BCUT2D eigenvalue weighted by Crippen LogP contribution is 2.19. The van der Waals surface area contributed by atoms with E-state index in [9.17, 15) is 13.2 Å². The summed E-state index contributed by atoms with van der Waals surface area (Å²) >= 11 is 3.12. The summed E-state index contributed by atoms with van der Waals surface area (Å²) in [7, 11) is -2.39. The molecule has 0 aliphatic heterocycles. The Morgan fingerprint density at radius 1 is 1.42 bits per heavy atom. The SMILES string of the molecule is COCC(C)OC(=O)c1cc(Br)cc(S(N)(=O)=O)c1. The van der Waals surface area contributed by atoms with Crippen molar-refractivity contribution in [2.24, 2.45) is 5.14 Å². The number of hydrogen-bond donors (Lipinski definition) is 1. The molecule has 2 N–H and O–H groups in total. The first-order valence-corrected chi connectivity index (χ1v) is 7.61. The minimum absolute atomic E-state index is 0.0985. The van der Waals surface area contributed by atoms with E-state index in [1.165, 1.54) is 25.3 Å². The Kier molecular flexibility index (Phi) is 5.48. The molecule has 0 spiro atoms. The lowest BCUT2D eigenvalue weighted by Gasteiger charge is -2.12. The number of carbonyl (C=O) groups excluding carboxylic acids is 1. The first-order chi connectivity index (χ1) is 8.74. The highest BCUT2D eigenvalue weighted by molar-refractivity contribution is 9.10. The number of primary sulfonamides is 1. The highest BCUT2D eigenvalue weighted by Gasteiger charge is 2.16. The maximum atomic E-state index is 11.8. The average molecular weight is 352 g/mol. The van der Waals surface area contributed by atoms with E-state index in [-0.39, 0.29) is 17.1 Å². The fourth-order valence-corrected chi connectivity index (χ4v) is 2.59. The lowest BCUT2D eigenvalue weighted by Crippen LogP contribution is -2.20. The molecule has 0 aromatic heterocycles. The molecular formula is C11H14BrNO5S. The van der Waals surface area contributed by atoms with Gasteiger partial charge in [-0.05, 0) is 25.1 Å². The van der Waals surface area contributed by atoms with Gasteiger partial charge in [0.2, 0.25) is 10.0 Å². The second-order valence-electron chi connectivity index (χ2n) is 3.89. The molecule has 0 heterocycles. The van der Waals surface area contributed by atoms with Gasteiger partial charge in [-0.25, -0.2) is 18.4 Å².